The minimum Gasteiger partial charge on any atom is -0.465 e. The number of hydrogen-bond acceptors (Lipinski definition) is 2. The molecule has 2 aromatic rings. The fourth-order valence-electron chi connectivity index (χ4n) is 4.35. The minimum atomic E-state index is -0.893. The quantitative estimate of drug-likeness (QED) is 0.681. The van der Waals surface area contributed by atoms with Gasteiger partial charge in [0.05, 0.1) is 0 Å². The molecule has 162 valence electrons. The number of hydrogen-bond donors (Lipinski definition) is 1. The third-order valence-electron chi connectivity index (χ3n) is 5.93. The van der Waals surface area contributed by atoms with Crippen LogP contribution in [0.25, 0.3) is 0 Å². The van der Waals surface area contributed by atoms with E-state index in [0.717, 1.165) is 17.3 Å². The van der Waals surface area contributed by atoms with Crippen LogP contribution in [0.1, 0.15) is 44.7 Å². The molecule has 2 aromatic carbocycles. The van der Waals surface area contributed by atoms with E-state index >= 15 is 0 Å². The van der Waals surface area contributed by atoms with E-state index in [9.17, 15) is 18.7 Å². The fraction of sp³-hybridized carbons (Fsp3) is 0.458. The third-order valence-corrected chi connectivity index (χ3v) is 5.93. The zero-order valence-corrected chi connectivity index (χ0v) is 18.0. The number of anilines is 1. The van der Waals surface area contributed by atoms with Gasteiger partial charge < -0.3 is 14.9 Å². The third kappa shape index (κ3) is 4.91. The Bertz CT molecular complexity index is 910. The van der Waals surface area contributed by atoms with E-state index in [0.29, 0.717) is 31.5 Å². The number of rotatable bonds is 4. The molecule has 0 aliphatic carbocycles. The monoisotopic (exact) mass is 416 g/mol. The molecule has 30 heavy (non-hydrogen) atoms. The highest BCUT2D eigenvalue weighted by atomic mass is 19.2. The molecular formula is C24H30F2N2O2. The Balaban J connectivity index is 1.95. The molecule has 2 unspecified atom stereocenters. The van der Waals surface area contributed by atoms with E-state index in [1.54, 1.807) is 11.0 Å². The Morgan fingerprint density at radius 2 is 1.90 bits per heavy atom. The number of likely N-dealkylation sites (tertiary alicyclic amines) is 1. The normalized spacial score (nSPS) is 19.6. The molecule has 3 rings (SSSR count). The van der Waals surface area contributed by atoms with E-state index in [2.05, 4.69) is 31.7 Å². The molecule has 1 amide bonds. The lowest BCUT2D eigenvalue weighted by molar-refractivity contribution is 0.0520. The average Bonchev–Trinajstić information content (AvgIpc) is 2.67. The first-order valence-electron chi connectivity index (χ1n) is 10.3. The predicted molar refractivity (Wildman–Crippen MR) is 115 cm³/mol. The van der Waals surface area contributed by atoms with Crippen molar-refractivity contribution in [1.82, 2.24) is 4.90 Å². The minimum absolute atomic E-state index is 0.0831. The molecule has 0 radical (unpaired) electrons. The SMILES string of the molecule is Cc1cccc(N(Cc2ccc(F)c(F)c2)C2CCN(C(=O)O)C(C(C)(C)C)C2)c1. The van der Waals surface area contributed by atoms with Crippen molar-refractivity contribution in [3.63, 3.8) is 0 Å². The Labute approximate surface area is 177 Å². The van der Waals surface area contributed by atoms with Gasteiger partial charge in [-0.15, -0.1) is 0 Å². The molecule has 0 spiro atoms. The van der Waals surface area contributed by atoms with Gasteiger partial charge in [-0.1, -0.05) is 39.0 Å². The van der Waals surface area contributed by atoms with E-state index in [-0.39, 0.29) is 17.5 Å². The van der Waals surface area contributed by atoms with Crippen LogP contribution >= 0.6 is 0 Å². The van der Waals surface area contributed by atoms with E-state index in [1.807, 2.05) is 25.1 Å². The molecule has 4 nitrogen and oxygen atoms in total. The second-order valence-corrected chi connectivity index (χ2v) is 9.25. The summed E-state index contributed by atoms with van der Waals surface area (Å²) >= 11 is 0. The van der Waals surface area contributed by atoms with Crippen LogP contribution in [-0.4, -0.2) is 34.7 Å². The fourth-order valence-corrected chi connectivity index (χ4v) is 4.35. The van der Waals surface area contributed by atoms with Crippen molar-refractivity contribution in [3.05, 3.63) is 65.2 Å². The van der Waals surface area contributed by atoms with Crippen LogP contribution in [0.15, 0.2) is 42.5 Å². The second kappa shape index (κ2) is 8.62. The summed E-state index contributed by atoms with van der Waals surface area (Å²) in [6, 6.07) is 12.1. The molecule has 2 atom stereocenters. The molecule has 1 fully saturated rings. The van der Waals surface area contributed by atoms with E-state index in [4.69, 9.17) is 0 Å². The number of aryl methyl sites for hydroxylation is 1. The summed E-state index contributed by atoms with van der Waals surface area (Å²) in [5.74, 6) is -1.71. The van der Waals surface area contributed by atoms with Gasteiger partial charge in [-0.25, -0.2) is 13.6 Å². The van der Waals surface area contributed by atoms with Crippen molar-refractivity contribution in [2.75, 3.05) is 11.4 Å². The molecule has 6 heteroatoms. The van der Waals surface area contributed by atoms with E-state index < -0.39 is 17.7 Å². The van der Waals surface area contributed by atoms with Crippen molar-refractivity contribution in [2.45, 2.75) is 59.2 Å². The molecule has 1 N–H and O–H groups in total. The zero-order chi connectivity index (χ0) is 22.1. The maximum Gasteiger partial charge on any atom is 0.407 e. The first-order chi connectivity index (χ1) is 14.1. The number of halogens is 2. The van der Waals surface area contributed by atoms with Crippen molar-refractivity contribution in [3.8, 4) is 0 Å². The number of nitrogens with zero attached hydrogens (tertiary/aromatic N) is 2. The largest absolute Gasteiger partial charge is 0.465 e. The predicted octanol–water partition coefficient (Wildman–Crippen LogP) is 5.84. The molecule has 0 aromatic heterocycles. The summed E-state index contributed by atoms with van der Waals surface area (Å²) in [4.78, 5) is 15.5. The zero-order valence-electron chi connectivity index (χ0n) is 18.0. The maximum absolute atomic E-state index is 13.8. The van der Waals surface area contributed by atoms with Gasteiger partial charge in [0, 0.05) is 30.9 Å². The summed E-state index contributed by atoms with van der Waals surface area (Å²) < 4.78 is 27.2. The van der Waals surface area contributed by atoms with Crippen LogP contribution < -0.4 is 4.90 Å². The van der Waals surface area contributed by atoms with Crippen molar-refractivity contribution in [1.29, 1.82) is 0 Å². The molecule has 1 aliphatic heterocycles. The summed E-state index contributed by atoms with van der Waals surface area (Å²) in [7, 11) is 0. The van der Waals surface area contributed by atoms with Gasteiger partial charge >= 0.3 is 6.09 Å². The Morgan fingerprint density at radius 3 is 2.50 bits per heavy atom. The smallest absolute Gasteiger partial charge is 0.407 e. The van der Waals surface area contributed by atoms with Crippen LogP contribution in [0.5, 0.6) is 0 Å². The van der Waals surface area contributed by atoms with Crippen LogP contribution in [0.4, 0.5) is 19.3 Å². The van der Waals surface area contributed by atoms with Crippen molar-refractivity contribution >= 4 is 11.8 Å². The number of benzene rings is 2. The molecular weight excluding hydrogens is 386 g/mol. The number of amides is 1. The van der Waals surface area contributed by atoms with Gasteiger partial charge in [0.15, 0.2) is 11.6 Å². The highest BCUT2D eigenvalue weighted by Crippen LogP contribution is 2.36. The summed E-state index contributed by atoms with van der Waals surface area (Å²) in [5, 5.41) is 9.68. The molecule has 1 heterocycles. The first-order valence-corrected chi connectivity index (χ1v) is 10.3. The van der Waals surface area contributed by atoms with Gasteiger partial charge in [0.2, 0.25) is 0 Å². The topological polar surface area (TPSA) is 43.8 Å². The van der Waals surface area contributed by atoms with Crippen LogP contribution in [0, 0.1) is 24.0 Å². The second-order valence-electron chi connectivity index (χ2n) is 9.25. The van der Waals surface area contributed by atoms with Crippen LogP contribution in [0.3, 0.4) is 0 Å². The van der Waals surface area contributed by atoms with Crippen molar-refractivity contribution in [2.24, 2.45) is 5.41 Å². The lowest BCUT2D eigenvalue weighted by Gasteiger charge is -2.48. The Kier molecular flexibility index (Phi) is 6.34. The summed E-state index contributed by atoms with van der Waals surface area (Å²) in [6.07, 6.45) is 0.459. The van der Waals surface area contributed by atoms with Gasteiger partial charge in [-0.2, -0.15) is 0 Å². The van der Waals surface area contributed by atoms with E-state index in [1.165, 1.54) is 6.07 Å². The molecule has 0 bridgehead atoms. The molecule has 1 saturated heterocycles. The number of carboxylic acid groups (broad SMARTS) is 1. The number of carbonyl (C=O) groups is 1. The van der Waals surface area contributed by atoms with Gasteiger partial charge in [-0.05, 0) is 60.6 Å². The highest BCUT2D eigenvalue weighted by molar-refractivity contribution is 5.66. The van der Waals surface area contributed by atoms with Crippen LogP contribution in [0.2, 0.25) is 0 Å². The molecule has 1 aliphatic rings. The van der Waals surface area contributed by atoms with Gasteiger partial charge in [0.25, 0.3) is 0 Å². The lowest BCUT2D eigenvalue weighted by Crippen LogP contribution is -2.56. The highest BCUT2D eigenvalue weighted by Gasteiger charge is 2.40. The first kappa shape index (κ1) is 22.1. The van der Waals surface area contributed by atoms with Gasteiger partial charge in [-0.3, -0.25) is 0 Å². The number of piperidine rings is 1. The lowest BCUT2D eigenvalue weighted by atomic mass is 9.78. The Morgan fingerprint density at radius 1 is 1.17 bits per heavy atom. The molecule has 0 saturated carbocycles. The summed E-state index contributed by atoms with van der Waals surface area (Å²) in [6.45, 7) is 9.06. The summed E-state index contributed by atoms with van der Waals surface area (Å²) in [5.41, 5.74) is 2.58. The van der Waals surface area contributed by atoms with Crippen LogP contribution in [-0.2, 0) is 6.54 Å². The maximum atomic E-state index is 13.8. The standard InChI is InChI=1S/C24H30F2N2O2/c1-16-6-5-7-18(12-16)28(15-17-8-9-20(25)21(26)13-17)19-10-11-27(23(29)30)22(14-19)24(2,3)4/h5-9,12-13,19,22H,10-11,14-15H2,1-4H3,(H,29,30). The average molecular weight is 417 g/mol. The van der Waals surface area contributed by atoms with Gasteiger partial charge in [0.1, 0.15) is 0 Å². The Hall–Kier alpha value is -2.63. The van der Waals surface area contributed by atoms with Crippen molar-refractivity contribution < 1.29 is 18.7 Å².